The van der Waals surface area contributed by atoms with Crippen LogP contribution >= 0.6 is 0 Å². The summed E-state index contributed by atoms with van der Waals surface area (Å²) in [5.41, 5.74) is 3.33. The number of carbonyl (C=O) groups excluding carboxylic acids is 1. The highest BCUT2D eigenvalue weighted by molar-refractivity contribution is 5.78. The van der Waals surface area contributed by atoms with Crippen LogP contribution in [0.25, 0.3) is 0 Å². The fraction of sp³-hybridized carbons (Fsp3) is 0.435. The molecule has 4 nitrogen and oxygen atoms in total. The molecule has 2 aromatic carbocycles. The Labute approximate surface area is 166 Å². The van der Waals surface area contributed by atoms with Crippen LogP contribution in [-0.2, 0) is 11.3 Å². The van der Waals surface area contributed by atoms with Crippen molar-refractivity contribution in [1.29, 1.82) is 0 Å². The molecule has 0 saturated carbocycles. The number of piperidine rings is 1. The molecule has 1 amide bonds. The zero-order valence-electron chi connectivity index (χ0n) is 16.7. The maximum atomic E-state index is 13.1. The highest BCUT2D eigenvalue weighted by Crippen LogP contribution is 2.20. The van der Waals surface area contributed by atoms with Crippen LogP contribution in [0.3, 0.4) is 0 Å². The minimum atomic E-state index is -0.220. The summed E-state index contributed by atoms with van der Waals surface area (Å²) in [6.07, 6.45) is 1.90. The van der Waals surface area contributed by atoms with E-state index in [0.29, 0.717) is 13.2 Å². The van der Waals surface area contributed by atoms with E-state index in [-0.39, 0.29) is 17.6 Å². The summed E-state index contributed by atoms with van der Waals surface area (Å²) in [6, 6.07) is 12.7. The zero-order chi connectivity index (χ0) is 19.9. The predicted molar refractivity (Wildman–Crippen MR) is 109 cm³/mol. The first-order valence-electron chi connectivity index (χ1n) is 9.96. The van der Waals surface area contributed by atoms with Crippen molar-refractivity contribution >= 4 is 5.91 Å². The molecule has 1 aliphatic rings. The third kappa shape index (κ3) is 5.80. The first kappa shape index (κ1) is 20.3. The molecular formula is C23H29FN2O2. The fourth-order valence-corrected chi connectivity index (χ4v) is 3.60. The number of carbonyl (C=O) groups is 1. The summed E-state index contributed by atoms with van der Waals surface area (Å²) in [6.45, 7) is 7.47. The van der Waals surface area contributed by atoms with Gasteiger partial charge in [0.25, 0.3) is 0 Å². The van der Waals surface area contributed by atoms with Crippen molar-refractivity contribution in [3.63, 3.8) is 0 Å². The molecule has 3 rings (SSSR count). The number of amides is 1. The Hall–Kier alpha value is -2.40. The van der Waals surface area contributed by atoms with Crippen molar-refractivity contribution in [3.8, 4) is 5.75 Å². The lowest BCUT2D eigenvalue weighted by molar-refractivity contribution is -0.126. The molecule has 2 aromatic rings. The van der Waals surface area contributed by atoms with Crippen LogP contribution in [0.2, 0.25) is 0 Å². The molecule has 28 heavy (non-hydrogen) atoms. The van der Waals surface area contributed by atoms with Crippen molar-refractivity contribution in [2.75, 3.05) is 26.2 Å². The second-order valence-corrected chi connectivity index (χ2v) is 7.61. The Morgan fingerprint density at radius 1 is 1.21 bits per heavy atom. The van der Waals surface area contributed by atoms with Gasteiger partial charge in [0.15, 0.2) is 0 Å². The van der Waals surface area contributed by atoms with Crippen LogP contribution in [0.1, 0.15) is 29.5 Å². The lowest BCUT2D eigenvalue weighted by Gasteiger charge is -2.32. The first-order chi connectivity index (χ1) is 13.5. The van der Waals surface area contributed by atoms with Gasteiger partial charge >= 0.3 is 0 Å². The van der Waals surface area contributed by atoms with Gasteiger partial charge in [0.05, 0.1) is 12.5 Å². The second kappa shape index (κ2) is 9.69. The standard InChI is InChI=1S/C23H29FN2O2/c1-17-5-6-18(2)22(14-17)28-13-11-25-23(27)20-4-3-12-26(16-20)15-19-7-9-21(24)10-8-19/h5-10,14,20H,3-4,11-13,15-16H2,1-2H3,(H,25,27)/t20-/m1/s1. The number of ether oxygens (including phenoxy) is 1. The van der Waals surface area contributed by atoms with Crippen molar-refractivity contribution in [2.45, 2.75) is 33.2 Å². The number of likely N-dealkylation sites (tertiary alicyclic amines) is 1. The van der Waals surface area contributed by atoms with Crippen molar-refractivity contribution in [2.24, 2.45) is 5.92 Å². The van der Waals surface area contributed by atoms with Gasteiger partial charge in [-0.15, -0.1) is 0 Å². The van der Waals surface area contributed by atoms with Crippen LogP contribution in [-0.4, -0.2) is 37.0 Å². The van der Waals surface area contributed by atoms with E-state index in [4.69, 9.17) is 4.74 Å². The number of halogens is 1. The maximum Gasteiger partial charge on any atom is 0.224 e. The molecule has 1 aliphatic heterocycles. The van der Waals surface area contributed by atoms with Gasteiger partial charge in [-0.2, -0.15) is 0 Å². The molecule has 5 heteroatoms. The third-order valence-corrected chi connectivity index (χ3v) is 5.20. The molecule has 1 heterocycles. The summed E-state index contributed by atoms with van der Waals surface area (Å²) in [5.74, 6) is 0.739. The van der Waals surface area contributed by atoms with Crippen molar-refractivity contribution in [1.82, 2.24) is 10.2 Å². The number of hydrogen-bond acceptors (Lipinski definition) is 3. The molecule has 1 N–H and O–H groups in total. The number of nitrogens with one attached hydrogen (secondary N) is 1. The number of rotatable bonds is 7. The summed E-state index contributed by atoms with van der Waals surface area (Å²) < 4.78 is 18.9. The summed E-state index contributed by atoms with van der Waals surface area (Å²) in [7, 11) is 0. The number of benzene rings is 2. The summed E-state index contributed by atoms with van der Waals surface area (Å²) >= 11 is 0. The van der Waals surface area contributed by atoms with Gasteiger partial charge in [-0.05, 0) is 68.1 Å². The van der Waals surface area contributed by atoms with E-state index in [1.807, 2.05) is 38.1 Å². The van der Waals surface area contributed by atoms with Gasteiger partial charge in [0, 0.05) is 13.1 Å². The molecule has 1 atom stereocenters. The van der Waals surface area contributed by atoms with E-state index in [1.54, 1.807) is 0 Å². The SMILES string of the molecule is Cc1ccc(C)c(OCCNC(=O)[C@@H]2CCCN(Cc3ccc(F)cc3)C2)c1. The molecule has 0 radical (unpaired) electrons. The van der Waals surface area contributed by atoms with E-state index in [0.717, 1.165) is 54.9 Å². The molecule has 0 aromatic heterocycles. The van der Waals surface area contributed by atoms with Crippen LogP contribution in [0, 0.1) is 25.6 Å². The second-order valence-electron chi connectivity index (χ2n) is 7.61. The van der Waals surface area contributed by atoms with Gasteiger partial charge in [-0.1, -0.05) is 24.3 Å². The lowest BCUT2D eigenvalue weighted by atomic mass is 9.96. The molecule has 0 unspecified atom stereocenters. The highest BCUT2D eigenvalue weighted by atomic mass is 19.1. The Bertz CT molecular complexity index is 792. The molecule has 0 aliphatic carbocycles. The number of aryl methyl sites for hydroxylation is 2. The summed E-state index contributed by atoms with van der Waals surface area (Å²) in [4.78, 5) is 14.8. The van der Waals surface area contributed by atoms with Crippen LogP contribution < -0.4 is 10.1 Å². The van der Waals surface area contributed by atoms with Crippen LogP contribution in [0.5, 0.6) is 5.75 Å². The maximum absolute atomic E-state index is 13.1. The normalized spacial score (nSPS) is 17.3. The average Bonchev–Trinajstić information content (AvgIpc) is 2.69. The van der Waals surface area contributed by atoms with Gasteiger partial charge < -0.3 is 10.1 Å². The monoisotopic (exact) mass is 384 g/mol. The highest BCUT2D eigenvalue weighted by Gasteiger charge is 2.25. The van der Waals surface area contributed by atoms with Gasteiger partial charge in [-0.25, -0.2) is 4.39 Å². The Morgan fingerprint density at radius 2 is 2.00 bits per heavy atom. The topological polar surface area (TPSA) is 41.6 Å². The fourth-order valence-electron chi connectivity index (χ4n) is 3.60. The number of nitrogens with zero attached hydrogens (tertiary/aromatic N) is 1. The van der Waals surface area contributed by atoms with E-state index in [2.05, 4.69) is 16.3 Å². The Balaban J connectivity index is 1.42. The smallest absolute Gasteiger partial charge is 0.224 e. The zero-order valence-corrected chi connectivity index (χ0v) is 16.7. The van der Waals surface area contributed by atoms with Gasteiger partial charge in [-0.3, -0.25) is 9.69 Å². The van der Waals surface area contributed by atoms with Crippen LogP contribution in [0.4, 0.5) is 4.39 Å². The van der Waals surface area contributed by atoms with E-state index in [1.165, 1.54) is 12.1 Å². The van der Waals surface area contributed by atoms with Crippen molar-refractivity contribution in [3.05, 3.63) is 65.0 Å². The van der Waals surface area contributed by atoms with E-state index >= 15 is 0 Å². The minimum absolute atomic E-state index is 0.00472. The number of hydrogen-bond donors (Lipinski definition) is 1. The summed E-state index contributed by atoms with van der Waals surface area (Å²) in [5, 5.41) is 3.01. The van der Waals surface area contributed by atoms with Gasteiger partial charge in [0.2, 0.25) is 5.91 Å². The minimum Gasteiger partial charge on any atom is -0.491 e. The van der Waals surface area contributed by atoms with Crippen LogP contribution in [0.15, 0.2) is 42.5 Å². The Morgan fingerprint density at radius 3 is 2.79 bits per heavy atom. The average molecular weight is 384 g/mol. The predicted octanol–water partition coefficient (Wildman–Crippen LogP) is 3.85. The third-order valence-electron chi connectivity index (χ3n) is 5.20. The quantitative estimate of drug-likeness (QED) is 0.738. The molecule has 150 valence electrons. The van der Waals surface area contributed by atoms with E-state index < -0.39 is 0 Å². The van der Waals surface area contributed by atoms with Gasteiger partial charge in [0.1, 0.15) is 18.2 Å². The molecule has 0 spiro atoms. The molecular weight excluding hydrogens is 355 g/mol. The molecule has 0 bridgehead atoms. The Kier molecular flexibility index (Phi) is 7.04. The first-order valence-corrected chi connectivity index (χ1v) is 9.96. The van der Waals surface area contributed by atoms with Crippen molar-refractivity contribution < 1.29 is 13.9 Å². The largest absolute Gasteiger partial charge is 0.491 e. The molecule has 1 fully saturated rings. The molecule has 1 saturated heterocycles. The van der Waals surface area contributed by atoms with E-state index in [9.17, 15) is 9.18 Å². The lowest BCUT2D eigenvalue weighted by Crippen LogP contribution is -2.43.